The van der Waals surface area contributed by atoms with E-state index in [2.05, 4.69) is 0 Å². The van der Waals surface area contributed by atoms with Crippen molar-refractivity contribution in [2.75, 3.05) is 7.11 Å². The summed E-state index contributed by atoms with van der Waals surface area (Å²) in [4.78, 5) is 11.9. The lowest BCUT2D eigenvalue weighted by Crippen LogP contribution is -1.94. The summed E-state index contributed by atoms with van der Waals surface area (Å²) in [7, 11) is 1.58. The molecule has 0 bridgehead atoms. The Bertz CT molecular complexity index is 600. The molecule has 0 N–H and O–H groups in total. The van der Waals surface area contributed by atoms with E-state index in [1.165, 1.54) is 30.3 Å². The van der Waals surface area contributed by atoms with Crippen molar-refractivity contribution in [3.8, 4) is 5.75 Å². The van der Waals surface area contributed by atoms with Gasteiger partial charge in [0.05, 0.1) is 7.11 Å². The minimum Gasteiger partial charge on any atom is -0.496 e. The molecule has 0 aliphatic rings. The van der Waals surface area contributed by atoms with Gasteiger partial charge in [-0.15, -0.1) is 0 Å². The second-order valence-electron chi connectivity index (χ2n) is 3.95. The number of ketones is 1. The maximum absolute atomic E-state index is 12.8. The van der Waals surface area contributed by atoms with Crippen LogP contribution in [0.3, 0.4) is 0 Å². The summed E-state index contributed by atoms with van der Waals surface area (Å²) >= 11 is 0. The number of halogens is 1. The van der Waals surface area contributed by atoms with E-state index in [4.69, 9.17) is 4.74 Å². The molecule has 96 valence electrons. The van der Waals surface area contributed by atoms with Gasteiger partial charge in [-0.25, -0.2) is 4.39 Å². The molecular weight excluding hydrogens is 243 g/mol. The van der Waals surface area contributed by atoms with E-state index >= 15 is 0 Å². The van der Waals surface area contributed by atoms with Gasteiger partial charge in [-0.1, -0.05) is 18.2 Å². The first-order chi connectivity index (χ1) is 9.20. The molecule has 2 aromatic rings. The largest absolute Gasteiger partial charge is 0.496 e. The van der Waals surface area contributed by atoms with Gasteiger partial charge in [-0.3, -0.25) is 4.79 Å². The van der Waals surface area contributed by atoms with Crippen LogP contribution in [0.1, 0.15) is 15.9 Å². The van der Waals surface area contributed by atoms with Crippen LogP contribution in [0, 0.1) is 5.82 Å². The first-order valence-electron chi connectivity index (χ1n) is 5.81. The number of allylic oxidation sites excluding steroid dienone is 1. The molecule has 0 spiro atoms. The minimum absolute atomic E-state index is 0.175. The Kier molecular flexibility index (Phi) is 4.08. The quantitative estimate of drug-likeness (QED) is 0.615. The highest BCUT2D eigenvalue weighted by Gasteiger charge is 2.02. The molecule has 2 rings (SSSR count). The van der Waals surface area contributed by atoms with E-state index < -0.39 is 0 Å². The van der Waals surface area contributed by atoms with Gasteiger partial charge >= 0.3 is 0 Å². The number of para-hydroxylation sites is 1. The topological polar surface area (TPSA) is 26.3 Å². The van der Waals surface area contributed by atoms with Crippen LogP contribution in [0.4, 0.5) is 4.39 Å². The second kappa shape index (κ2) is 5.96. The lowest BCUT2D eigenvalue weighted by molar-refractivity contribution is 0.104. The van der Waals surface area contributed by atoms with Crippen molar-refractivity contribution in [1.82, 2.24) is 0 Å². The molecule has 19 heavy (non-hydrogen) atoms. The SMILES string of the molecule is COc1ccccc1/C=C/C(=O)c1ccc(F)cc1. The van der Waals surface area contributed by atoms with Gasteiger partial charge in [0.15, 0.2) is 5.78 Å². The van der Waals surface area contributed by atoms with Crippen molar-refractivity contribution in [2.24, 2.45) is 0 Å². The summed E-state index contributed by atoms with van der Waals surface area (Å²) in [6.45, 7) is 0. The molecule has 3 heteroatoms. The zero-order valence-corrected chi connectivity index (χ0v) is 10.5. The van der Waals surface area contributed by atoms with Crippen molar-refractivity contribution in [2.45, 2.75) is 0 Å². The summed E-state index contributed by atoms with van der Waals surface area (Å²) in [6, 6.07) is 12.9. The van der Waals surface area contributed by atoms with Gasteiger partial charge in [-0.2, -0.15) is 0 Å². The van der Waals surface area contributed by atoms with E-state index in [0.29, 0.717) is 11.3 Å². The predicted molar refractivity (Wildman–Crippen MR) is 72.8 cm³/mol. The number of hydrogen-bond acceptors (Lipinski definition) is 2. The molecule has 0 radical (unpaired) electrons. The van der Waals surface area contributed by atoms with Crippen molar-refractivity contribution in [3.63, 3.8) is 0 Å². The Hall–Kier alpha value is -2.42. The molecule has 2 aromatic carbocycles. The van der Waals surface area contributed by atoms with Crippen molar-refractivity contribution in [3.05, 3.63) is 71.6 Å². The fourth-order valence-electron chi connectivity index (χ4n) is 1.68. The molecule has 0 heterocycles. The number of carbonyl (C=O) groups excluding carboxylic acids is 1. The number of carbonyl (C=O) groups is 1. The standard InChI is InChI=1S/C16H13FO2/c1-19-16-5-3-2-4-13(16)8-11-15(18)12-6-9-14(17)10-7-12/h2-11H,1H3/b11-8+. The normalized spacial score (nSPS) is 10.6. The highest BCUT2D eigenvalue weighted by Crippen LogP contribution is 2.19. The van der Waals surface area contributed by atoms with E-state index in [1.807, 2.05) is 24.3 Å². The van der Waals surface area contributed by atoms with Crippen LogP contribution >= 0.6 is 0 Å². The van der Waals surface area contributed by atoms with Crippen LogP contribution in [0.15, 0.2) is 54.6 Å². The third-order valence-electron chi connectivity index (χ3n) is 2.68. The number of ether oxygens (including phenoxy) is 1. The molecular formula is C16H13FO2. The number of methoxy groups -OCH3 is 1. The zero-order chi connectivity index (χ0) is 13.7. The van der Waals surface area contributed by atoms with Crippen LogP contribution in [0.25, 0.3) is 6.08 Å². The Morgan fingerprint density at radius 2 is 1.79 bits per heavy atom. The third kappa shape index (κ3) is 3.28. The first kappa shape index (κ1) is 13.0. The average molecular weight is 256 g/mol. The molecule has 0 saturated heterocycles. The fraction of sp³-hybridized carbons (Fsp3) is 0.0625. The van der Waals surface area contributed by atoms with Gasteiger partial charge in [0.1, 0.15) is 11.6 Å². The molecule has 0 saturated carbocycles. The number of benzene rings is 2. The summed E-state index contributed by atoms with van der Waals surface area (Å²) in [5.41, 5.74) is 1.27. The predicted octanol–water partition coefficient (Wildman–Crippen LogP) is 3.73. The van der Waals surface area contributed by atoms with Gasteiger partial charge in [-0.05, 0) is 42.5 Å². The smallest absolute Gasteiger partial charge is 0.185 e. The van der Waals surface area contributed by atoms with Gasteiger partial charge in [0.25, 0.3) is 0 Å². The lowest BCUT2D eigenvalue weighted by Gasteiger charge is -2.03. The highest BCUT2D eigenvalue weighted by atomic mass is 19.1. The molecule has 2 nitrogen and oxygen atoms in total. The van der Waals surface area contributed by atoms with Gasteiger partial charge in [0, 0.05) is 11.1 Å². The Morgan fingerprint density at radius 1 is 1.11 bits per heavy atom. The van der Waals surface area contributed by atoms with Gasteiger partial charge in [0.2, 0.25) is 0 Å². The monoisotopic (exact) mass is 256 g/mol. The minimum atomic E-state index is -0.356. The number of hydrogen-bond donors (Lipinski definition) is 0. The maximum Gasteiger partial charge on any atom is 0.185 e. The molecule has 0 amide bonds. The van der Waals surface area contributed by atoms with Crippen molar-refractivity contribution in [1.29, 1.82) is 0 Å². The summed E-state index contributed by atoms with van der Waals surface area (Å²) in [5.74, 6) is 0.168. The summed E-state index contributed by atoms with van der Waals surface area (Å²) < 4.78 is 17.9. The van der Waals surface area contributed by atoms with E-state index in [1.54, 1.807) is 13.2 Å². The molecule has 0 aliphatic carbocycles. The summed E-state index contributed by atoms with van der Waals surface area (Å²) in [6.07, 6.45) is 3.13. The molecule has 0 unspecified atom stereocenters. The Balaban J connectivity index is 2.18. The van der Waals surface area contributed by atoms with Gasteiger partial charge < -0.3 is 4.74 Å². The fourth-order valence-corrected chi connectivity index (χ4v) is 1.68. The van der Waals surface area contributed by atoms with Crippen LogP contribution in [0.5, 0.6) is 5.75 Å². The Labute approximate surface area is 111 Å². The lowest BCUT2D eigenvalue weighted by atomic mass is 10.1. The molecule has 0 atom stereocenters. The first-order valence-corrected chi connectivity index (χ1v) is 5.81. The molecule has 0 fully saturated rings. The van der Waals surface area contributed by atoms with E-state index in [-0.39, 0.29) is 11.6 Å². The molecule has 0 aliphatic heterocycles. The third-order valence-corrected chi connectivity index (χ3v) is 2.68. The average Bonchev–Trinajstić information content (AvgIpc) is 2.45. The van der Waals surface area contributed by atoms with Crippen LogP contribution in [-0.2, 0) is 0 Å². The second-order valence-corrected chi connectivity index (χ2v) is 3.95. The number of rotatable bonds is 4. The van der Waals surface area contributed by atoms with Crippen molar-refractivity contribution < 1.29 is 13.9 Å². The molecule has 0 aromatic heterocycles. The maximum atomic E-state index is 12.8. The zero-order valence-electron chi connectivity index (χ0n) is 10.5. The van der Waals surface area contributed by atoms with Crippen molar-refractivity contribution >= 4 is 11.9 Å². The Morgan fingerprint density at radius 3 is 2.47 bits per heavy atom. The van der Waals surface area contributed by atoms with Crippen LogP contribution in [-0.4, -0.2) is 12.9 Å². The summed E-state index contributed by atoms with van der Waals surface area (Å²) in [5, 5.41) is 0. The van der Waals surface area contributed by atoms with Crippen LogP contribution < -0.4 is 4.74 Å². The van der Waals surface area contributed by atoms with Crippen LogP contribution in [0.2, 0.25) is 0 Å². The van der Waals surface area contributed by atoms with E-state index in [9.17, 15) is 9.18 Å². The van der Waals surface area contributed by atoms with E-state index in [0.717, 1.165) is 5.56 Å². The highest BCUT2D eigenvalue weighted by molar-refractivity contribution is 6.06.